The van der Waals surface area contributed by atoms with Crippen LogP contribution in [0, 0.1) is 5.92 Å². The maximum Gasteiger partial charge on any atom is 0.244 e. The van der Waals surface area contributed by atoms with Crippen LogP contribution in [0.3, 0.4) is 0 Å². The van der Waals surface area contributed by atoms with Gasteiger partial charge >= 0.3 is 0 Å². The van der Waals surface area contributed by atoms with Crippen LogP contribution >= 0.6 is 0 Å². The number of carbonyl (C=O) groups excluding carboxylic acids is 1. The number of nitrogens with zero attached hydrogens (tertiary/aromatic N) is 4. The Hall–Kier alpha value is -1.43. The number of carbonyl (C=O) groups is 1. The van der Waals surface area contributed by atoms with Gasteiger partial charge in [-0.25, -0.2) is 9.67 Å². The minimum absolute atomic E-state index is 0.145. The quantitative estimate of drug-likeness (QED) is 0.750. The van der Waals surface area contributed by atoms with Crippen LogP contribution in [-0.4, -0.2) is 51.2 Å². The van der Waals surface area contributed by atoms with Crippen LogP contribution in [-0.2, 0) is 11.3 Å². The molecule has 1 aromatic heterocycles. The zero-order valence-corrected chi connectivity index (χ0v) is 9.75. The fourth-order valence-electron chi connectivity index (χ4n) is 2.80. The molecule has 2 fully saturated rings. The zero-order chi connectivity index (χ0) is 11.7. The first-order valence-electron chi connectivity index (χ1n) is 6.16. The standard InChI is InChI=1S/C11H17N5O/c17-11(6-16-8-12-7-14-16)15-4-9-2-1-3-13-10(9)5-15/h7-10,13H,1-6H2/t9-,10+/m0/s1. The molecule has 2 aliphatic rings. The van der Waals surface area contributed by atoms with E-state index in [0.29, 0.717) is 18.5 Å². The van der Waals surface area contributed by atoms with Crippen LogP contribution in [0.4, 0.5) is 0 Å². The van der Waals surface area contributed by atoms with Crippen LogP contribution in [0.15, 0.2) is 12.7 Å². The predicted octanol–water partition coefficient (Wildman–Crippen LogP) is -0.511. The van der Waals surface area contributed by atoms with Gasteiger partial charge in [-0.1, -0.05) is 0 Å². The summed E-state index contributed by atoms with van der Waals surface area (Å²) in [4.78, 5) is 17.9. The average molecular weight is 235 g/mol. The Morgan fingerprint density at radius 2 is 2.41 bits per heavy atom. The van der Waals surface area contributed by atoms with Crippen molar-refractivity contribution < 1.29 is 4.79 Å². The Kier molecular flexibility index (Phi) is 2.80. The summed E-state index contributed by atoms with van der Waals surface area (Å²) < 4.78 is 1.58. The molecule has 0 unspecified atom stereocenters. The molecule has 2 atom stereocenters. The summed E-state index contributed by atoms with van der Waals surface area (Å²) in [6.07, 6.45) is 5.51. The number of hydrogen-bond donors (Lipinski definition) is 1. The van der Waals surface area contributed by atoms with Gasteiger partial charge in [-0.3, -0.25) is 4.79 Å². The molecule has 2 saturated heterocycles. The highest BCUT2D eigenvalue weighted by molar-refractivity contribution is 5.76. The van der Waals surface area contributed by atoms with E-state index >= 15 is 0 Å². The molecule has 3 heterocycles. The molecule has 92 valence electrons. The van der Waals surface area contributed by atoms with E-state index in [1.54, 1.807) is 11.0 Å². The van der Waals surface area contributed by atoms with E-state index in [2.05, 4.69) is 15.4 Å². The minimum atomic E-state index is 0.145. The smallest absolute Gasteiger partial charge is 0.244 e. The van der Waals surface area contributed by atoms with Crippen LogP contribution in [0.1, 0.15) is 12.8 Å². The van der Waals surface area contributed by atoms with Gasteiger partial charge in [0.1, 0.15) is 19.2 Å². The van der Waals surface area contributed by atoms with E-state index < -0.39 is 0 Å². The number of aromatic nitrogens is 3. The summed E-state index contributed by atoms with van der Waals surface area (Å²) in [6.45, 7) is 3.13. The third-order valence-corrected chi connectivity index (χ3v) is 3.72. The highest BCUT2D eigenvalue weighted by atomic mass is 16.2. The lowest BCUT2D eigenvalue weighted by molar-refractivity contribution is -0.131. The maximum absolute atomic E-state index is 12.1. The fraction of sp³-hybridized carbons (Fsp3) is 0.727. The molecule has 0 aromatic carbocycles. The number of fused-ring (bicyclic) bond motifs is 1. The van der Waals surface area contributed by atoms with Gasteiger partial charge in [0.05, 0.1) is 0 Å². The Morgan fingerprint density at radius 3 is 3.18 bits per heavy atom. The van der Waals surface area contributed by atoms with Gasteiger partial charge in [-0.2, -0.15) is 5.10 Å². The van der Waals surface area contributed by atoms with E-state index in [1.807, 2.05) is 4.90 Å². The van der Waals surface area contributed by atoms with Gasteiger partial charge in [0.2, 0.25) is 5.91 Å². The van der Waals surface area contributed by atoms with Crippen LogP contribution in [0.2, 0.25) is 0 Å². The summed E-state index contributed by atoms with van der Waals surface area (Å²) >= 11 is 0. The van der Waals surface area contributed by atoms with Gasteiger partial charge in [0, 0.05) is 19.1 Å². The molecular weight excluding hydrogens is 218 g/mol. The summed E-state index contributed by atoms with van der Waals surface area (Å²) in [6, 6.07) is 0.503. The van der Waals surface area contributed by atoms with E-state index in [0.717, 1.165) is 19.6 Å². The molecule has 0 aliphatic carbocycles. The topological polar surface area (TPSA) is 63.1 Å². The van der Waals surface area contributed by atoms with Crippen molar-refractivity contribution in [3.05, 3.63) is 12.7 Å². The third-order valence-electron chi connectivity index (χ3n) is 3.72. The molecule has 6 heteroatoms. The molecule has 0 radical (unpaired) electrons. The molecule has 0 spiro atoms. The normalized spacial score (nSPS) is 28.1. The first-order chi connectivity index (χ1) is 8.33. The lowest BCUT2D eigenvalue weighted by Gasteiger charge is -2.24. The van der Waals surface area contributed by atoms with Gasteiger partial charge in [-0.15, -0.1) is 0 Å². The maximum atomic E-state index is 12.1. The van der Waals surface area contributed by atoms with Crippen molar-refractivity contribution in [1.82, 2.24) is 25.0 Å². The van der Waals surface area contributed by atoms with Gasteiger partial charge in [0.25, 0.3) is 0 Å². The Morgan fingerprint density at radius 1 is 1.47 bits per heavy atom. The van der Waals surface area contributed by atoms with Gasteiger partial charge in [0.15, 0.2) is 0 Å². The second kappa shape index (κ2) is 4.44. The number of piperidine rings is 1. The first kappa shape index (κ1) is 10.7. The molecule has 0 bridgehead atoms. The van der Waals surface area contributed by atoms with Crippen molar-refractivity contribution >= 4 is 5.91 Å². The molecule has 2 aliphatic heterocycles. The number of nitrogens with one attached hydrogen (secondary N) is 1. The van der Waals surface area contributed by atoms with Crippen molar-refractivity contribution in [3.8, 4) is 0 Å². The second-order valence-electron chi connectivity index (χ2n) is 4.85. The van der Waals surface area contributed by atoms with E-state index in [4.69, 9.17) is 0 Å². The summed E-state index contributed by atoms with van der Waals surface area (Å²) in [5.74, 6) is 0.787. The molecule has 0 saturated carbocycles. The van der Waals surface area contributed by atoms with Crippen LogP contribution in [0.25, 0.3) is 0 Å². The Balaban J connectivity index is 1.60. The largest absolute Gasteiger partial charge is 0.339 e. The van der Waals surface area contributed by atoms with E-state index in [-0.39, 0.29) is 5.91 Å². The number of likely N-dealkylation sites (tertiary alicyclic amines) is 1. The summed E-state index contributed by atoms with van der Waals surface area (Å²) in [5.41, 5.74) is 0. The highest BCUT2D eigenvalue weighted by Gasteiger charge is 2.36. The zero-order valence-electron chi connectivity index (χ0n) is 9.75. The van der Waals surface area contributed by atoms with Crippen molar-refractivity contribution in [1.29, 1.82) is 0 Å². The van der Waals surface area contributed by atoms with E-state index in [9.17, 15) is 4.79 Å². The fourth-order valence-corrected chi connectivity index (χ4v) is 2.80. The average Bonchev–Trinajstić information content (AvgIpc) is 2.96. The SMILES string of the molecule is O=C(Cn1cncn1)N1C[C@@H]2CCCN[C@@H]2C1. The predicted molar refractivity (Wildman–Crippen MR) is 61.1 cm³/mol. The molecule has 1 aromatic rings. The number of amides is 1. The lowest BCUT2D eigenvalue weighted by Crippen LogP contribution is -2.41. The van der Waals surface area contributed by atoms with E-state index in [1.165, 1.54) is 19.2 Å². The minimum Gasteiger partial charge on any atom is -0.339 e. The van der Waals surface area contributed by atoms with Gasteiger partial charge in [-0.05, 0) is 25.3 Å². The molecule has 1 N–H and O–H groups in total. The lowest BCUT2D eigenvalue weighted by atomic mass is 9.94. The number of rotatable bonds is 2. The third kappa shape index (κ3) is 2.17. The molecular formula is C11H17N5O. The van der Waals surface area contributed by atoms with Crippen molar-refractivity contribution in [2.45, 2.75) is 25.4 Å². The first-order valence-corrected chi connectivity index (χ1v) is 6.16. The summed E-state index contributed by atoms with van der Waals surface area (Å²) in [7, 11) is 0. The highest BCUT2D eigenvalue weighted by Crippen LogP contribution is 2.24. The Labute approximate surface area is 100 Å². The second-order valence-corrected chi connectivity index (χ2v) is 4.85. The molecule has 1 amide bonds. The van der Waals surface area contributed by atoms with Crippen LogP contribution in [0.5, 0.6) is 0 Å². The molecule has 17 heavy (non-hydrogen) atoms. The molecule has 6 nitrogen and oxygen atoms in total. The number of hydrogen-bond acceptors (Lipinski definition) is 4. The Bertz CT molecular complexity index is 377. The molecule has 3 rings (SSSR count). The van der Waals surface area contributed by atoms with Gasteiger partial charge < -0.3 is 10.2 Å². The van der Waals surface area contributed by atoms with Crippen molar-refractivity contribution in [2.24, 2.45) is 5.92 Å². The summed E-state index contributed by atoms with van der Waals surface area (Å²) in [5, 5.41) is 7.46. The van der Waals surface area contributed by atoms with Crippen LogP contribution < -0.4 is 5.32 Å². The van der Waals surface area contributed by atoms with Crippen molar-refractivity contribution in [3.63, 3.8) is 0 Å². The monoisotopic (exact) mass is 235 g/mol. The van der Waals surface area contributed by atoms with Crippen molar-refractivity contribution in [2.75, 3.05) is 19.6 Å².